The third-order valence-electron chi connectivity index (χ3n) is 0.927. The van der Waals surface area contributed by atoms with E-state index in [1.165, 1.54) is 6.26 Å². The molecule has 2 heterocycles. The minimum Gasteiger partial charge on any atom is -0.345 e. The molecule has 0 saturated carbocycles. The van der Waals surface area contributed by atoms with Crippen LogP contribution in [-0.4, -0.2) is 20.7 Å². The smallest absolute Gasteiger partial charge is 0.169 e. The quantitative estimate of drug-likeness (QED) is 0.547. The van der Waals surface area contributed by atoms with E-state index in [0.29, 0.717) is 11.4 Å². The van der Waals surface area contributed by atoms with Crippen LogP contribution >= 0.6 is 0 Å². The molecule has 0 fully saturated rings. The van der Waals surface area contributed by atoms with Crippen LogP contribution in [0.15, 0.2) is 15.4 Å². The van der Waals surface area contributed by atoms with Crippen molar-refractivity contribution >= 4 is 0 Å². The van der Waals surface area contributed by atoms with Gasteiger partial charge in [-0.1, -0.05) is 0 Å². The Kier molecular flexibility index (Phi) is 0.970. The molecular weight excluding hydrogens is 136 g/mol. The number of nitrogens with zero attached hydrogens (tertiary/aromatic N) is 4. The second-order valence-corrected chi connectivity index (χ2v) is 1.51. The van der Waals surface area contributed by atoms with Crippen molar-refractivity contribution in [1.82, 2.24) is 20.7 Å². The SMILES string of the molecule is [c]1nonc1-c1conn1. The van der Waals surface area contributed by atoms with E-state index in [9.17, 15) is 0 Å². The zero-order valence-electron chi connectivity index (χ0n) is 4.68. The molecule has 0 aliphatic heterocycles. The summed E-state index contributed by atoms with van der Waals surface area (Å²) in [7, 11) is 0. The van der Waals surface area contributed by atoms with Crippen LogP contribution in [0, 0.1) is 6.20 Å². The molecular formula is C4HN4O2. The lowest BCUT2D eigenvalue weighted by atomic mass is 10.4. The molecule has 0 aliphatic carbocycles. The monoisotopic (exact) mass is 137 g/mol. The van der Waals surface area contributed by atoms with E-state index in [4.69, 9.17) is 0 Å². The Hall–Kier alpha value is -1.72. The van der Waals surface area contributed by atoms with Gasteiger partial charge >= 0.3 is 0 Å². The highest BCUT2D eigenvalue weighted by molar-refractivity contribution is 5.47. The lowest BCUT2D eigenvalue weighted by Crippen LogP contribution is -1.75. The van der Waals surface area contributed by atoms with Gasteiger partial charge in [0.15, 0.2) is 23.8 Å². The fraction of sp³-hybridized carbons (Fsp3) is 0. The second-order valence-electron chi connectivity index (χ2n) is 1.51. The molecule has 10 heavy (non-hydrogen) atoms. The Labute approximate surface area is 54.8 Å². The molecule has 0 amide bonds. The molecule has 49 valence electrons. The number of hydrogen-bond donors (Lipinski definition) is 0. The Morgan fingerprint density at radius 1 is 1.50 bits per heavy atom. The van der Waals surface area contributed by atoms with Crippen LogP contribution in [0.5, 0.6) is 0 Å². The normalized spacial score (nSPS) is 10.0. The Morgan fingerprint density at radius 3 is 3.10 bits per heavy atom. The second kappa shape index (κ2) is 1.90. The predicted octanol–water partition coefficient (Wildman–Crippen LogP) is -0.0802. The van der Waals surface area contributed by atoms with Crippen molar-refractivity contribution in [3.05, 3.63) is 12.5 Å². The Balaban J connectivity index is 2.48. The Morgan fingerprint density at radius 2 is 2.50 bits per heavy atom. The summed E-state index contributed by atoms with van der Waals surface area (Å²) in [6, 6.07) is 0. The first-order chi connectivity index (χ1) is 4.97. The maximum absolute atomic E-state index is 4.45. The molecule has 1 radical (unpaired) electrons. The Bertz CT molecular complexity index is 255. The van der Waals surface area contributed by atoms with Gasteiger partial charge in [0.25, 0.3) is 0 Å². The highest BCUT2D eigenvalue weighted by Crippen LogP contribution is 2.08. The van der Waals surface area contributed by atoms with Crippen LogP contribution < -0.4 is 0 Å². The van der Waals surface area contributed by atoms with E-state index in [0.717, 1.165) is 0 Å². The molecule has 2 aromatic rings. The lowest BCUT2D eigenvalue weighted by Gasteiger charge is -1.73. The van der Waals surface area contributed by atoms with Crippen LogP contribution in [0.1, 0.15) is 0 Å². The summed E-state index contributed by atoms with van der Waals surface area (Å²) in [6.45, 7) is 0. The number of rotatable bonds is 1. The molecule has 0 aromatic carbocycles. The molecule has 2 aromatic heterocycles. The van der Waals surface area contributed by atoms with Gasteiger partial charge in [-0.15, -0.1) is 5.10 Å². The number of aromatic nitrogens is 4. The van der Waals surface area contributed by atoms with Gasteiger partial charge in [0.05, 0.1) is 0 Å². The maximum Gasteiger partial charge on any atom is 0.169 e. The van der Waals surface area contributed by atoms with E-state index in [1.807, 2.05) is 0 Å². The summed E-state index contributed by atoms with van der Waals surface area (Å²) >= 11 is 0. The fourth-order valence-corrected chi connectivity index (χ4v) is 0.517. The molecule has 0 saturated heterocycles. The van der Waals surface area contributed by atoms with E-state index in [-0.39, 0.29) is 0 Å². The van der Waals surface area contributed by atoms with Crippen molar-refractivity contribution in [3.63, 3.8) is 0 Å². The molecule has 0 spiro atoms. The lowest BCUT2D eigenvalue weighted by molar-refractivity contribution is 0.307. The average Bonchev–Trinajstić information content (AvgIpc) is 2.59. The largest absolute Gasteiger partial charge is 0.345 e. The zero-order chi connectivity index (χ0) is 6.81. The predicted molar refractivity (Wildman–Crippen MR) is 26.4 cm³/mol. The summed E-state index contributed by atoms with van der Waals surface area (Å²) in [5, 5.41) is 13.5. The van der Waals surface area contributed by atoms with Gasteiger partial charge in [-0.3, -0.25) is 0 Å². The van der Waals surface area contributed by atoms with Gasteiger partial charge in [0.1, 0.15) is 0 Å². The molecule has 6 nitrogen and oxygen atoms in total. The van der Waals surface area contributed by atoms with Crippen molar-refractivity contribution in [1.29, 1.82) is 0 Å². The molecule has 0 atom stereocenters. The van der Waals surface area contributed by atoms with Crippen molar-refractivity contribution < 1.29 is 9.15 Å². The van der Waals surface area contributed by atoms with Gasteiger partial charge < -0.3 is 4.52 Å². The maximum atomic E-state index is 4.45. The zero-order valence-corrected chi connectivity index (χ0v) is 4.68. The summed E-state index contributed by atoms with van der Waals surface area (Å²) in [5.41, 5.74) is 0.850. The minimum absolute atomic E-state index is 0.390. The molecule has 2 rings (SSSR count). The van der Waals surface area contributed by atoms with Crippen LogP contribution in [-0.2, 0) is 0 Å². The third kappa shape index (κ3) is 0.661. The van der Waals surface area contributed by atoms with Crippen molar-refractivity contribution in [3.8, 4) is 11.4 Å². The highest BCUT2D eigenvalue weighted by Gasteiger charge is 2.05. The van der Waals surface area contributed by atoms with E-state index in [2.05, 4.69) is 36.0 Å². The van der Waals surface area contributed by atoms with Gasteiger partial charge in [0.2, 0.25) is 0 Å². The van der Waals surface area contributed by atoms with E-state index in [1.54, 1.807) is 0 Å². The first-order valence-corrected chi connectivity index (χ1v) is 2.44. The first kappa shape index (κ1) is 5.10. The summed E-state index contributed by atoms with van der Waals surface area (Å²) < 4.78 is 8.72. The highest BCUT2D eigenvalue weighted by atomic mass is 16.6. The third-order valence-corrected chi connectivity index (χ3v) is 0.927. The summed E-state index contributed by atoms with van der Waals surface area (Å²) in [6.07, 6.45) is 3.78. The standard InChI is InChI=1S/C4HN4O2/c1-3(7-10-5-1)4-2-9-8-6-4/h2H. The average molecular weight is 137 g/mol. The molecule has 0 aliphatic rings. The fourth-order valence-electron chi connectivity index (χ4n) is 0.517. The van der Waals surface area contributed by atoms with Crippen LogP contribution in [0.2, 0.25) is 0 Å². The first-order valence-electron chi connectivity index (χ1n) is 2.44. The van der Waals surface area contributed by atoms with Crippen LogP contribution in [0.3, 0.4) is 0 Å². The van der Waals surface area contributed by atoms with E-state index >= 15 is 0 Å². The molecule has 0 N–H and O–H groups in total. The summed E-state index contributed by atoms with van der Waals surface area (Å²) in [5.74, 6) is 0. The van der Waals surface area contributed by atoms with Gasteiger partial charge in [-0.2, -0.15) is 0 Å². The van der Waals surface area contributed by atoms with E-state index < -0.39 is 0 Å². The summed E-state index contributed by atoms with van der Waals surface area (Å²) in [4.78, 5) is 0. The van der Waals surface area contributed by atoms with Crippen LogP contribution in [0.4, 0.5) is 0 Å². The van der Waals surface area contributed by atoms with Crippen molar-refractivity contribution in [2.75, 3.05) is 0 Å². The topological polar surface area (TPSA) is 77.8 Å². The molecule has 0 unspecified atom stereocenters. The molecule has 0 bridgehead atoms. The number of hydrogen-bond acceptors (Lipinski definition) is 6. The molecule has 6 heteroatoms. The minimum atomic E-state index is 0.390. The van der Waals surface area contributed by atoms with Gasteiger partial charge in [0, 0.05) is 5.27 Å². The van der Waals surface area contributed by atoms with Gasteiger partial charge in [-0.25, -0.2) is 4.63 Å². The van der Waals surface area contributed by atoms with Crippen LogP contribution in [0.25, 0.3) is 11.4 Å². The van der Waals surface area contributed by atoms with Crippen molar-refractivity contribution in [2.45, 2.75) is 0 Å². The van der Waals surface area contributed by atoms with Gasteiger partial charge in [-0.05, 0) is 10.3 Å². The van der Waals surface area contributed by atoms with Crippen molar-refractivity contribution in [2.24, 2.45) is 0 Å².